The lowest BCUT2D eigenvalue weighted by atomic mass is 9.69. The molecule has 27 heavy (non-hydrogen) atoms. The van der Waals surface area contributed by atoms with Crippen LogP contribution >= 0.6 is 11.6 Å². The van der Waals surface area contributed by atoms with Crippen LogP contribution in [0.25, 0.3) is 0 Å². The number of amides is 1. The molecule has 1 aliphatic heterocycles. The molecule has 2 aromatic carbocycles. The van der Waals surface area contributed by atoms with E-state index in [0.717, 1.165) is 0 Å². The van der Waals surface area contributed by atoms with Crippen molar-refractivity contribution in [3.8, 4) is 5.75 Å². The molecule has 0 bridgehead atoms. The quantitative estimate of drug-likeness (QED) is 0.769. The van der Waals surface area contributed by atoms with Crippen LogP contribution in [-0.4, -0.2) is 32.0 Å². The molecule has 0 saturated heterocycles. The Bertz CT molecular complexity index is 884. The van der Waals surface area contributed by atoms with Gasteiger partial charge in [0.05, 0.1) is 31.4 Å². The van der Waals surface area contributed by atoms with E-state index in [2.05, 4.69) is 0 Å². The number of carbonyl (C=O) groups excluding carboxylic acids is 2. The summed E-state index contributed by atoms with van der Waals surface area (Å²) in [6, 6.07) is 11.5. The Balaban J connectivity index is 2.26. The van der Waals surface area contributed by atoms with Gasteiger partial charge in [0.1, 0.15) is 5.75 Å². The number of anilines is 1. The smallest absolute Gasteiger partial charge is 0.218 e. The summed E-state index contributed by atoms with van der Waals surface area (Å²) in [7, 11) is 3.07. The van der Waals surface area contributed by atoms with Crippen molar-refractivity contribution < 1.29 is 19.2 Å². The SMILES string of the molecule is COc1ccc2c(c1)C(CC(N)=O)(C(=O)c1ccc(Cl)cc1)C(C)N2OC. The Labute approximate surface area is 162 Å². The first-order chi connectivity index (χ1) is 12.8. The maximum Gasteiger partial charge on any atom is 0.218 e. The molecule has 1 aliphatic rings. The van der Waals surface area contributed by atoms with E-state index in [1.54, 1.807) is 48.6 Å². The van der Waals surface area contributed by atoms with Crippen molar-refractivity contribution in [3.05, 3.63) is 58.6 Å². The highest BCUT2D eigenvalue weighted by atomic mass is 35.5. The second-order valence-electron chi connectivity index (χ2n) is 6.52. The zero-order valence-electron chi connectivity index (χ0n) is 15.4. The van der Waals surface area contributed by atoms with Gasteiger partial charge in [-0.1, -0.05) is 11.6 Å². The highest BCUT2D eigenvalue weighted by Gasteiger charge is 2.55. The van der Waals surface area contributed by atoms with E-state index >= 15 is 0 Å². The van der Waals surface area contributed by atoms with Gasteiger partial charge in [0.2, 0.25) is 5.91 Å². The minimum absolute atomic E-state index is 0.157. The lowest BCUT2D eigenvalue weighted by molar-refractivity contribution is -0.119. The third-order valence-corrected chi connectivity index (χ3v) is 5.40. The van der Waals surface area contributed by atoms with E-state index in [-0.39, 0.29) is 12.2 Å². The Morgan fingerprint density at radius 2 is 1.85 bits per heavy atom. The Morgan fingerprint density at radius 1 is 1.19 bits per heavy atom. The number of nitrogens with zero attached hydrogens (tertiary/aromatic N) is 1. The predicted octanol–water partition coefficient (Wildman–Crippen LogP) is 3.11. The minimum atomic E-state index is -1.21. The first-order valence-corrected chi connectivity index (χ1v) is 8.83. The van der Waals surface area contributed by atoms with Gasteiger partial charge in [-0.3, -0.25) is 19.5 Å². The van der Waals surface area contributed by atoms with Gasteiger partial charge in [-0.15, -0.1) is 0 Å². The summed E-state index contributed by atoms with van der Waals surface area (Å²) in [4.78, 5) is 31.2. The molecule has 0 aromatic heterocycles. The first-order valence-electron chi connectivity index (χ1n) is 8.45. The number of halogens is 1. The molecule has 142 valence electrons. The zero-order chi connectivity index (χ0) is 19.8. The van der Waals surface area contributed by atoms with E-state index in [0.29, 0.717) is 27.6 Å². The summed E-state index contributed by atoms with van der Waals surface area (Å²) in [5.74, 6) is -0.216. The van der Waals surface area contributed by atoms with Crippen molar-refractivity contribution in [2.75, 3.05) is 19.3 Å². The topological polar surface area (TPSA) is 81.9 Å². The number of ketones is 1. The maximum atomic E-state index is 13.7. The van der Waals surface area contributed by atoms with Crippen molar-refractivity contribution >= 4 is 29.0 Å². The Morgan fingerprint density at radius 3 is 2.41 bits per heavy atom. The number of ether oxygens (including phenoxy) is 1. The molecule has 0 fully saturated rings. The van der Waals surface area contributed by atoms with Crippen molar-refractivity contribution in [2.45, 2.75) is 24.8 Å². The molecule has 0 radical (unpaired) electrons. The molecule has 1 amide bonds. The van der Waals surface area contributed by atoms with Crippen molar-refractivity contribution in [1.82, 2.24) is 0 Å². The number of Topliss-reactive ketones (excluding diaryl/α,β-unsaturated/α-hetero) is 1. The standard InChI is InChI=1S/C20H21ClN2O4/c1-12-20(11-18(22)24,19(25)13-4-6-14(21)7-5-13)16-10-15(26-2)8-9-17(16)23(12)27-3/h4-10,12H,11H2,1-3H3,(H2,22,24). The molecule has 0 spiro atoms. The number of primary amides is 1. The van der Waals surface area contributed by atoms with Crippen molar-refractivity contribution in [2.24, 2.45) is 5.73 Å². The van der Waals surface area contributed by atoms with Crippen LogP contribution in [0.4, 0.5) is 5.69 Å². The number of rotatable bonds is 6. The second kappa shape index (κ2) is 7.21. The van der Waals surface area contributed by atoms with Crippen LogP contribution in [0.15, 0.2) is 42.5 Å². The van der Waals surface area contributed by atoms with Crippen LogP contribution in [-0.2, 0) is 15.0 Å². The maximum absolute atomic E-state index is 13.7. The molecular weight excluding hydrogens is 368 g/mol. The van der Waals surface area contributed by atoms with Crippen LogP contribution in [0.2, 0.25) is 5.02 Å². The van der Waals surface area contributed by atoms with E-state index in [1.165, 1.54) is 7.11 Å². The average molecular weight is 389 g/mol. The number of methoxy groups -OCH3 is 1. The number of hydroxylamine groups is 1. The van der Waals surface area contributed by atoms with Gasteiger partial charge in [0.25, 0.3) is 0 Å². The minimum Gasteiger partial charge on any atom is -0.497 e. The zero-order valence-corrected chi connectivity index (χ0v) is 16.1. The second-order valence-corrected chi connectivity index (χ2v) is 6.95. The number of hydrogen-bond donors (Lipinski definition) is 1. The third kappa shape index (κ3) is 3.05. The van der Waals surface area contributed by atoms with Crippen LogP contribution in [0.1, 0.15) is 29.3 Å². The number of hydrogen-bond acceptors (Lipinski definition) is 5. The fourth-order valence-corrected chi connectivity index (χ4v) is 3.98. The fraction of sp³-hybridized carbons (Fsp3) is 0.300. The Kier molecular flexibility index (Phi) is 5.13. The monoisotopic (exact) mass is 388 g/mol. The van der Waals surface area contributed by atoms with E-state index in [4.69, 9.17) is 26.9 Å². The molecule has 7 heteroatoms. The van der Waals surface area contributed by atoms with Gasteiger partial charge in [-0.05, 0) is 55.0 Å². The lowest BCUT2D eigenvalue weighted by Crippen LogP contribution is -2.50. The van der Waals surface area contributed by atoms with Gasteiger partial charge in [0, 0.05) is 17.0 Å². The van der Waals surface area contributed by atoms with E-state index in [1.807, 2.05) is 13.0 Å². The molecule has 2 N–H and O–H groups in total. The third-order valence-electron chi connectivity index (χ3n) is 5.15. The van der Waals surface area contributed by atoms with Crippen LogP contribution < -0.4 is 15.5 Å². The van der Waals surface area contributed by atoms with Gasteiger partial charge >= 0.3 is 0 Å². The van der Waals surface area contributed by atoms with Crippen LogP contribution in [0.3, 0.4) is 0 Å². The highest BCUT2D eigenvalue weighted by Crippen LogP contribution is 2.50. The summed E-state index contributed by atoms with van der Waals surface area (Å²) < 4.78 is 5.34. The summed E-state index contributed by atoms with van der Waals surface area (Å²) in [5.41, 5.74) is 6.16. The van der Waals surface area contributed by atoms with Gasteiger partial charge < -0.3 is 10.5 Å². The van der Waals surface area contributed by atoms with E-state index < -0.39 is 17.4 Å². The molecule has 1 heterocycles. The number of carbonyl (C=O) groups is 2. The van der Waals surface area contributed by atoms with E-state index in [9.17, 15) is 9.59 Å². The molecule has 3 rings (SSSR count). The summed E-state index contributed by atoms with van der Waals surface area (Å²) in [5, 5.41) is 2.15. The predicted molar refractivity (Wildman–Crippen MR) is 103 cm³/mol. The fourth-order valence-electron chi connectivity index (χ4n) is 3.85. The molecule has 0 saturated carbocycles. The highest BCUT2D eigenvalue weighted by molar-refractivity contribution is 6.30. The molecule has 2 unspecified atom stereocenters. The summed E-state index contributed by atoms with van der Waals surface area (Å²) in [6.07, 6.45) is -0.157. The first kappa shape index (κ1) is 19.2. The normalized spacial score (nSPS) is 21.0. The number of benzene rings is 2. The van der Waals surface area contributed by atoms with Crippen LogP contribution in [0, 0.1) is 0 Å². The molecular formula is C20H21ClN2O4. The Hall–Kier alpha value is -2.57. The number of nitrogens with two attached hydrogens (primary N) is 1. The largest absolute Gasteiger partial charge is 0.497 e. The molecule has 2 atom stereocenters. The lowest BCUT2D eigenvalue weighted by Gasteiger charge is -2.34. The van der Waals surface area contributed by atoms with Gasteiger partial charge in [0.15, 0.2) is 5.78 Å². The summed E-state index contributed by atoms with van der Waals surface area (Å²) in [6.45, 7) is 1.84. The van der Waals surface area contributed by atoms with Crippen molar-refractivity contribution in [3.63, 3.8) is 0 Å². The van der Waals surface area contributed by atoms with Crippen molar-refractivity contribution in [1.29, 1.82) is 0 Å². The average Bonchev–Trinajstić information content (AvgIpc) is 2.89. The summed E-state index contributed by atoms with van der Waals surface area (Å²) >= 11 is 5.96. The molecule has 0 aliphatic carbocycles. The molecule has 6 nitrogen and oxygen atoms in total. The molecule has 2 aromatic rings. The van der Waals surface area contributed by atoms with Crippen LogP contribution in [0.5, 0.6) is 5.75 Å². The van der Waals surface area contributed by atoms with Gasteiger partial charge in [-0.2, -0.15) is 0 Å². The number of fused-ring (bicyclic) bond motifs is 1. The van der Waals surface area contributed by atoms with Gasteiger partial charge in [-0.25, -0.2) is 0 Å².